The van der Waals surface area contributed by atoms with Crippen LogP contribution < -0.4 is 5.32 Å². The summed E-state index contributed by atoms with van der Waals surface area (Å²) in [6.45, 7) is 10.5. The molecular formula is C30H41N3O6S. The van der Waals surface area contributed by atoms with Gasteiger partial charge in [0.15, 0.2) is 0 Å². The second kappa shape index (κ2) is 12.3. The van der Waals surface area contributed by atoms with E-state index >= 15 is 0 Å². The molecule has 1 fully saturated rings. The van der Waals surface area contributed by atoms with Crippen molar-refractivity contribution in [3.63, 3.8) is 0 Å². The fourth-order valence-corrected chi connectivity index (χ4v) is 6.69. The van der Waals surface area contributed by atoms with Crippen LogP contribution in [-0.2, 0) is 26.1 Å². The number of nitrogens with one attached hydrogen (secondary N) is 1. The molecule has 0 bridgehead atoms. The van der Waals surface area contributed by atoms with Crippen LogP contribution in [0.1, 0.15) is 56.4 Å². The Hall–Kier alpha value is -2.92. The molecule has 2 aromatic rings. The summed E-state index contributed by atoms with van der Waals surface area (Å²) in [5.74, 6) is -0.642. The summed E-state index contributed by atoms with van der Waals surface area (Å²) in [4.78, 5) is 14.3. The lowest BCUT2D eigenvalue weighted by molar-refractivity contribution is -0.156. The monoisotopic (exact) mass is 571 g/mol. The Balaban J connectivity index is 1.53. The Bertz CT molecular complexity index is 1350. The number of aryl methyl sites for hydroxylation is 1. The molecule has 1 unspecified atom stereocenters. The van der Waals surface area contributed by atoms with Crippen molar-refractivity contribution in [3.8, 4) is 5.75 Å². The van der Waals surface area contributed by atoms with Gasteiger partial charge in [-0.1, -0.05) is 37.3 Å². The van der Waals surface area contributed by atoms with Gasteiger partial charge in [0.1, 0.15) is 10.6 Å². The van der Waals surface area contributed by atoms with Crippen molar-refractivity contribution < 1.29 is 28.2 Å². The van der Waals surface area contributed by atoms with Gasteiger partial charge in [-0.25, -0.2) is 8.42 Å². The zero-order chi connectivity index (χ0) is 29.1. The quantitative estimate of drug-likeness (QED) is 0.327. The maximum atomic E-state index is 13.4. The van der Waals surface area contributed by atoms with Gasteiger partial charge in [-0.05, 0) is 81.4 Å². The van der Waals surface area contributed by atoms with Crippen molar-refractivity contribution in [2.45, 2.75) is 58.1 Å². The number of benzene rings is 2. The van der Waals surface area contributed by atoms with Crippen LogP contribution in [0.3, 0.4) is 0 Å². The first-order chi connectivity index (χ1) is 18.9. The average molecular weight is 572 g/mol. The Labute approximate surface area is 237 Å². The molecular weight excluding hydrogens is 530 g/mol. The number of piperidine rings is 1. The Morgan fingerprint density at radius 3 is 2.55 bits per heavy atom. The molecule has 2 aliphatic heterocycles. The molecule has 3 N–H and O–H groups in total. The summed E-state index contributed by atoms with van der Waals surface area (Å²) < 4.78 is 34.4. The predicted molar refractivity (Wildman–Crippen MR) is 153 cm³/mol. The molecule has 0 aliphatic carbocycles. The van der Waals surface area contributed by atoms with Crippen molar-refractivity contribution >= 4 is 16.0 Å². The normalized spacial score (nSPS) is 17.1. The summed E-state index contributed by atoms with van der Waals surface area (Å²) in [7, 11) is -3.96. The maximum absolute atomic E-state index is 13.4. The highest BCUT2D eigenvalue weighted by Crippen LogP contribution is 2.39. The first-order valence-corrected chi connectivity index (χ1v) is 15.3. The van der Waals surface area contributed by atoms with Crippen LogP contribution in [0.4, 0.5) is 0 Å². The molecule has 0 spiro atoms. The molecule has 0 saturated carbocycles. The van der Waals surface area contributed by atoms with Gasteiger partial charge < -0.3 is 25.2 Å². The summed E-state index contributed by atoms with van der Waals surface area (Å²) in [5, 5.41) is 23.7. The zero-order valence-corrected chi connectivity index (χ0v) is 24.6. The molecule has 0 radical (unpaired) electrons. The number of sulfonamides is 1. The van der Waals surface area contributed by atoms with Crippen molar-refractivity contribution in [2.75, 3.05) is 32.8 Å². The smallest absolute Gasteiger partial charge is 0.312 e. The van der Waals surface area contributed by atoms with E-state index in [1.54, 1.807) is 32.9 Å². The van der Waals surface area contributed by atoms with E-state index in [1.165, 1.54) is 16.4 Å². The maximum Gasteiger partial charge on any atom is 0.312 e. The molecule has 9 nitrogen and oxygen atoms in total. The van der Waals surface area contributed by atoms with E-state index < -0.39 is 27.5 Å². The minimum atomic E-state index is -3.96. The molecule has 4 rings (SSSR count). The number of hydrogen-bond acceptors (Lipinski definition) is 7. The number of phenols is 1. The van der Waals surface area contributed by atoms with Crippen LogP contribution in [0.2, 0.25) is 0 Å². The molecule has 2 aromatic carbocycles. The van der Waals surface area contributed by atoms with Crippen LogP contribution in [0, 0.1) is 18.3 Å². The highest BCUT2D eigenvalue weighted by molar-refractivity contribution is 7.89. The van der Waals surface area contributed by atoms with Crippen LogP contribution in [0.5, 0.6) is 5.75 Å². The molecule has 10 heteroatoms. The minimum Gasteiger partial charge on any atom is -0.507 e. The Morgan fingerprint density at radius 1 is 1.20 bits per heavy atom. The van der Waals surface area contributed by atoms with E-state index in [2.05, 4.69) is 16.4 Å². The van der Waals surface area contributed by atoms with Gasteiger partial charge in [0, 0.05) is 25.8 Å². The number of rotatable bonds is 13. The third-order valence-corrected chi connectivity index (χ3v) is 9.95. The van der Waals surface area contributed by atoms with E-state index in [-0.39, 0.29) is 23.7 Å². The van der Waals surface area contributed by atoms with E-state index in [0.29, 0.717) is 18.1 Å². The molecule has 40 heavy (non-hydrogen) atoms. The molecule has 2 aliphatic rings. The first-order valence-electron chi connectivity index (χ1n) is 13.9. The van der Waals surface area contributed by atoms with E-state index in [9.17, 15) is 23.4 Å². The predicted octanol–water partition coefficient (Wildman–Crippen LogP) is 4.24. The van der Waals surface area contributed by atoms with Gasteiger partial charge >= 0.3 is 5.97 Å². The molecule has 2 heterocycles. The summed E-state index contributed by atoms with van der Waals surface area (Å²) in [5.41, 5.74) is 2.12. The lowest BCUT2D eigenvalue weighted by Gasteiger charge is -2.31. The van der Waals surface area contributed by atoms with Crippen molar-refractivity contribution in [2.24, 2.45) is 11.3 Å². The van der Waals surface area contributed by atoms with Gasteiger partial charge in [0.2, 0.25) is 10.0 Å². The Morgan fingerprint density at radius 2 is 1.90 bits per heavy atom. The van der Waals surface area contributed by atoms with E-state index in [4.69, 9.17) is 4.74 Å². The summed E-state index contributed by atoms with van der Waals surface area (Å²) >= 11 is 0. The fraction of sp³-hybridized carbons (Fsp3) is 0.500. The SMILES string of the molecule is CCN(Cc1cc(C(OCC2=CN2CC2CCNCC2)C(C)(C)C(=O)O)ccc1C)S(=O)(=O)c1ccccc1O. The van der Waals surface area contributed by atoms with Crippen LogP contribution in [0.15, 0.2) is 59.3 Å². The average Bonchev–Trinajstić information content (AvgIpc) is 3.66. The Kier molecular flexibility index (Phi) is 9.24. The summed E-state index contributed by atoms with van der Waals surface area (Å²) in [6.07, 6.45) is 3.61. The van der Waals surface area contributed by atoms with Gasteiger partial charge in [0.25, 0.3) is 0 Å². The number of aliphatic carboxylic acids is 1. The van der Waals surface area contributed by atoms with Crippen molar-refractivity contribution in [1.29, 1.82) is 0 Å². The number of phenolic OH excluding ortho intramolecular Hbond substituents is 1. The second-order valence-corrected chi connectivity index (χ2v) is 13.2. The molecule has 1 saturated heterocycles. The van der Waals surface area contributed by atoms with Gasteiger partial charge in [-0.3, -0.25) is 4.79 Å². The van der Waals surface area contributed by atoms with Crippen LogP contribution in [0.25, 0.3) is 0 Å². The van der Waals surface area contributed by atoms with Gasteiger partial charge in [-0.2, -0.15) is 4.31 Å². The number of carboxylic acid groups (broad SMARTS) is 1. The standard InChI is InChI=1S/C30H41N3O6S/c1-5-33(40(37,38)27-9-7-6-8-26(27)34)18-24-16-23(11-10-21(24)2)28(30(3,4)29(35)36)39-20-25-19-32(25)17-22-12-14-31-15-13-22/h6-11,16,19,22,28,31,34H,5,12-15,17-18,20H2,1-4H3,(H,35,36). The molecule has 218 valence electrons. The number of carbonyl (C=O) groups is 1. The number of ether oxygens (including phenoxy) is 1. The molecule has 0 amide bonds. The van der Waals surface area contributed by atoms with Crippen molar-refractivity contribution in [1.82, 2.24) is 14.5 Å². The largest absolute Gasteiger partial charge is 0.507 e. The number of nitrogens with zero attached hydrogens (tertiary/aromatic N) is 2. The lowest BCUT2D eigenvalue weighted by Crippen LogP contribution is -2.34. The second-order valence-electron chi connectivity index (χ2n) is 11.3. The van der Waals surface area contributed by atoms with Crippen molar-refractivity contribution in [3.05, 3.63) is 71.1 Å². The fourth-order valence-electron chi connectivity index (χ4n) is 5.18. The topological polar surface area (TPSA) is 119 Å². The third kappa shape index (κ3) is 6.68. The third-order valence-electron chi connectivity index (χ3n) is 7.98. The number of aromatic hydroxyl groups is 1. The highest BCUT2D eigenvalue weighted by atomic mass is 32.2. The molecule has 0 aromatic heterocycles. The number of para-hydroxylation sites is 1. The highest BCUT2D eigenvalue weighted by Gasteiger charge is 2.40. The zero-order valence-electron chi connectivity index (χ0n) is 23.8. The van der Waals surface area contributed by atoms with Crippen LogP contribution >= 0.6 is 0 Å². The number of hydrogen-bond donors (Lipinski definition) is 3. The summed E-state index contributed by atoms with van der Waals surface area (Å²) in [6, 6.07) is 11.5. The lowest BCUT2D eigenvalue weighted by atomic mass is 9.81. The minimum absolute atomic E-state index is 0.0717. The molecule has 1 atom stereocenters. The van der Waals surface area contributed by atoms with Crippen LogP contribution in [-0.4, -0.2) is 66.6 Å². The van der Waals surface area contributed by atoms with Gasteiger partial charge in [0.05, 0.1) is 23.8 Å². The van der Waals surface area contributed by atoms with E-state index in [0.717, 1.165) is 49.3 Å². The van der Waals surface area contributed by atoms with Gasteiger partial charge in [-0.15, -0.1) is 0 Å². The number of carboxylic acids is 1. The first kappa shape index (κ1) is 30.0. The van der Waals surface area contributed by atoms with E-state index in [1.807, 2.05) is 25.1 Å².